The van der Waals surface area contributed by atoms with Crippen LogP contribution in [0.25, 0.3) is 0 Å². The van der Waals surface area contributed by atoms with Crippen LogP contribution in [0.2, 0.25) is 0 Å². The van der Waals surface area contributed by atoms with E-state index in [0.29, 0.717) is 51.9 Å². The number of primary amides is 1. The van der Waals surface area contributed by atoms with Gasteiger partial charge < -0.3 is 50.7 Å². The van der Waals surface area contributed by atoms with E-state index in [-0.39, 0.29) is 49.9 Å². The zero-order valence-electron chi connectivity index (χ0n) is 30.8. The van der Waals surface area contributed by atoms with Gasteiger partial charge in [0.1, 0.15) is 12.6 Å². The molecule has 50 heavy (non-hydrogen) atoms. The predicted octanol–water partition coefficient (Wildman–Crippen LogP) is 2.90. The quantitative estimate of drug-likeness (QED) is 0.0702. The van der Waals surface area contributed by atoms with Gasteiger partial charge in [0.25, 0.3) is 0 Å². The number of hydrogen-bond acceptors (Lipinski definition) is 10. The third kappa shape index (κ3) is 26.1. The molecule has 0 spiro atoms. The maximum atomic E-state index is 12.7. The average molecular weight is 712 g/mol. The highest BCUT2D eigenvalue weighted by Crippen LogP contribution is 2.11. The molecule has 5 amide bonds. The molecule has 0 heterocycles. The number of nitrogens with two attached hydrogens (primary N) is 1. The molecule has 0 bridgehead atoms. The van der Waals surface area contributed by atoms with Crippen molar-refractivity contribution in [3.63, 3.8) is 0 Å². The summed E-state index contributed by atoms with van der Waals surface area (Å²) in [7, 11) is 0. The van der Waals surface area contributed by atoms with E-state index in [1.165, 1.54) is 0 Å². The second-order valence-corrected chi connectivity index (χ2v) is 11.9. The third-order valence-corrected chi connectivity index (χ3v) is 6.56. The number of benzene rings is 1. The molecule has 15 nitrogen and oxygen atoms in total. The van der Waals surface area contributed by atoms with Crippen molar-refractivity contribution in [3.05, 3.63) is 29.8 Å². The lowest BCUT2D eigenvalue weighted by Crippen LogP contribution is -2.51. The topological polar surface area (TPSA) is 206 Å². The minimum Gasteiger partial charge on any atom is -0.461 e. The first kappa shape index (κ1) is 46.2. The van der Waals surface area contributed by atoms with E-state index in [4.69, 9.17) is 29.4 Å². The summed E-state index contributed by atoms with van der Waals surface area (Å²) in [4.78, 5) is 58.9. The lowest BCUT2D eigenvalue weighted by Gasteiger charge is -2.21. The molecule has 1 rings (SSSR count). The summed E-state index contributed by atoms with van der Waals surface area (Å²) in [5.41, 5.74) is 6.05. The molecule has 286 valence electrons. The number of ether oxygens (including phenoxy) is 5. The van der Waals surface area contributed by atoms with Crippen molar-refractivity contribution in [3.8, 4) is 0 Å². The predicted molar refractivity (Wildman–Crippen MR) is 190 cm³/mol. The van der Waals surface area contributed by atoms with E-state index in [1.807, 2.05) is 20.8 Å². The molecule has 1 atom stereocenters. The smallest absolute Gasteiger partial charge is 0.312 e. The monoisotopic (exact) mass is 711 g/mol. The maximum Gasteiger partial charge on any atom is 0.312 e. The number of amides is 5. The molecule has 0 aromatic heterocycles. The number of carbonyl (C=O) groups excluding carboxylic acids is 5. The molecule has 0 aliphatic carbocycles. The van der Waals surface area contributed by atoms with Gasteiger partial charge in [0.2, 0.25) is 17.7 Å². The van der Waals surface area contributed by atoms with Crippen molar-refractivity contribution in [2.45, 2.75) is 79.9 Å². The number of carbonyl (C=O) groups is 5. The summed E-state index contributed by atoms with van der Waals surface area (Å²) in [6, 6.07) is 5.62. The Hall–Kier alpha value is -3.79. The van der Waals surface area contributed by atoms with Gasteiger partial charge in [0, 0.05) is 25.3 Å². The fourth-order valence-corrected chi connectivity index (χ4v) is 3.69. The van der Waals surface area contributed by atoms with Crippen molar-refractivity contribution >= 4 is 35.4 Å². The van der Waals surface area contributed by atoms with Gasteiger partial charge >= 0.3 is 12.0 Å². The molecule has 0 aliphatic heterocycles. The lowest BCUT2D eigenvalue weighted by atomic mass is 10.0. The molecule has 0 aliphatic rings. The van der Waals surface area contributed by atoms with Crippen LogP contribution in [0.5, 0.6) is 0 Å². The van der Waals surface area contributed by atoms with Crippen molar-refractivity contribution in [2.75, 3.05) is 71.3 Å². The third-order valence-electron chi connectivity index (χ3n) is 6.56. The second kappa shape index (κ2) is 30.1. The Morgan fingerprint density at radius 1 is 0.720 bits per heavy atom. The fourth-order valence-electron chi connectivity index (χ4n) is 3.69. The highest BCUT2D eigenvalue weighted by molar-refractivity contribution is 5.96. The Balaban J connectivity index is 0.00000308. The molecule has 1 aromatic rings. The van der Waals surface area contributed by atoms with Gasteiger partial charge in [-0.2, -0.15) is 0 Å². The number of anilines is 1. The Bertz CT molecular complexity index is 1090. The average Bonchev–Trinajstić information content (AvgIpc) is 3.08. The summed E-state index contributed by atoms with van der Waals surface area (Å²) < 4.78 is 26.9. The molecule has 0 saturated heterocycles. The van der Waals surface area contributed by atoms with Gasteiger partial charge in [-0.3, -0.25) is 19.2 Å². The van der Waals surface area contributed by atoms with Gasteiger partial charge in [-0.15, -0.1) is 0 Å². The van der Waals surface area contributed by atoms with E-state index < -0.39 is 23.9 Å². The van der Waals surface area contributed by atoms with Crippen LogP contribution >= 0.6 is 0 Å². The van der Waals surface area contributed by atoms with Crippen LogP contribution in [-0.4, -0.2) is 102 Å². The van der Waals surface area contributed by atoms with Crippen LogP contribution in [-0.2, 0) is 49.5 Å². The standard InChI is InChI=1S/C31H51N3O9.C4H10N2O/c1-6-7-13-39-15-17-41-19-20-42-18-16-40-14-12-27(35)34-29(23(2)3)30(37)32-21-28(36)33-26-10-8-25(9-11-26)22-43-31(38)24(4)5;1-2-3-6-4(5)7/h8-11,23-24,29H,6-7,12-22H2,1-5H3,(H,32,37)(H,33,36)(H,34,35);2-3H2,1H3,(H3,5,6,7). The molecular formula is C35H61N5O10. The summed E-state index contributed by atoms with van der Waals surface area (Å²) in [5.74, 6) is -1.87. The van der Waals surface area contributed by atoms with Crippen LogP contribution in [0.4, 0.5) is 10.5 Å². The molecule has 0 radical (unpaired) electrons. The summed E-state index contributed by atoms with van der Waals surface area (Å²) in [6.45, 7) is 15.5. The number of urea groups is 1. The van der Waals surface area contributed by atoms with Crippen LogP contribution in [0, 0.1) is 11.8 Å². The van der Waals surface area contributed by atoms with E-state index in [9.17, 15) is 24.0 Å². The van der Waals surface area contributed by atoms with Gasteiger partial charge in [0.15, 0.2) is 0 Å². The highest BCUT2D eigenvalue weighted by Gasteiger charge is 2.24. The zero-order valence-corrected chi connectivity index (χ0v) is 30.8. The van der Waals surface area contributed by atoms with E-state index >= 15 is 0 Å². The summed E-state index contributed by atoms with van der Waals surface area (Å²) in [5, 5.41) is 10.4. The molecule has 1 aromatic carbocycles. The summed E-state index contributed by atoms with van der Waals surface area (Å²) in [6.07, 6.45) is 3.19. The normalized spacial score (nSPS) is 11.3. The minimum absolute atomic E-state index is 0.0881. The number of hydrogen-bond donors (Lipinski definition) is 5. The Kier molecular flexibility index (Phi) is 27.8. The van der Waals surface area contributed by atoms with E-state index in [0.717, 1.165) is 31.4 Å². The Morgan fingerprint density at radius 2 is 1.28 bits per heavy atom. The number of esters is 1. The zero-order chi connectivity index (χ0) is 37.6. The number of nitrogens with one attached hydrogen (secondary N) is 4. The molecule has 0 saturated carbocycles. The molecular weight excluding hydrogens is 650 g/mol. The Labute approximate surface area is 297 Å². The van der Waals surface area contributed by atoms with Gasteiger partial charge in [0.05, 0.1) is 58.7 Å². The van der Waals surface area contributed by atoms with Crippen LogP contribution in [0.1, 0.15) is 72.8 Å². The van der Waals surface area contributed by atoms with Crippen LogP contribution < -0.4 is 27.0 Å². The van der Waals surface area contributed by atoms with E-state index in [2.05, 4.69) is 28.2 Å². The second-order valence-electron chi connectivity index (χ2n) is 11.9. The van der Waals surface area contributed by atoms with Gasteiger partial charge in [-0.25, -0.2) is 4.79 Å². The number of unbranched alkanes of at least 4 members (excludes halogenated alkanes) is 1. The Morgan fingerprint density at radius 3 is 1.76 bits per heavy atom. The van der Waals surface area contributed by atoms with Crippen molar-refractivity contribution < 1.29 is 47.7 Å². The SMILES string of the molecule is CCCCOCCOCCOCCOCCC(=O)NC(C(=O)NCC(=O)Nc1ccc(COC(=O)C(C)C)cc1)C(C)C.CCCNC(N)=O. The number of rotatable bonds is 26. The first-order valence-corrected chi connectivity index (χ1v) is 17.4. The van der Waals surface area contributed by atoms with Crippen molar-refractivity contribution in [2.24, 2.45) is 17.6 Å². The van der Waals surface area contributed by atoms with Crippen LogP contribution in [0.3, 0.4) is 0 Å². The maximum absolute atomic E-state index is 12.7. The largest absolute Gasteiger partial charge is 0.461 e. The first-order valence-electron chi connectivity index (χ1n) is 17.4. The van der Waals surface area contributed by atoms with Crippen molar-refractivity contribution in [1.29, 1.82) is 0 Å². The summed E-state index contributed by atoms with van der Waals surface area (Å²) >= 11 is 0. The van der Waals surface area contributed by atoms with Gasteiger partial charge in [-0.05, 0) is 36.5 Å². The van der Waals surface area contributed by atoms with Crippen molar-refractivity contribution in [1.82, 2.24) is 16.0 Å². The van der Waals surface area contributed by atoms with Crippen LogP contribution in [0.15, 0.2) is 24.3 Å². The lowest BCUT2D eigenvalue weighted by molar-refractivity contribution is -0.148. The molecule has 6 N–H and O–H groups in total. The van der Waals surface area contributed by atoms with Gasteiger partial charge in [-0.1, -0.05) is 60.1 Å². The van der Waals surface area contributed by atoms with E-state index in [1.54, 1.807) is 38.1 Å². The molecule has 15 heteroatoms. The highest BCUT2D eigenvalue weighted by atomic mass is 16.6. The minimum atomic E-state index is -0.798. The molecule has 1 unspecified atom stereocenters. The molecule has 0 fully saturated rings. The first-order chi connectivity index (χ1) is 23.9. The fraction of sp³-hybridized carbons (Fsp3) is 0.686.